The van der Waals surface area contributed by atoms with E-state index in [1.165, 1.54) is 24.3 Å². The first-order chi connectivity index (χ1) is 10.6. The van der Waals surface area contributed by atoms with Crippen LogP contribution in [0.5, 0.6) is 0 Å². The fourth-order valence-corrected chi connectivity index (χ4v) is 2.19. The summed E-state index contributed by atoms with van der Waals surface area (Å²) in [7, 11) is 0. The Morgan fingerprint density at radius 1 is 1.27 bits per heavy atom. The molecule has 3 nitrogen and oxygen atoms in total. The Labute approximate surface area is 136 Å². The third-order valence-electron chi connectivity index (χ3n) is 2.92. The predicted molar refractivity (Wildman–Crippen MR) is 86.0 cm³/mol. The van der Waals surface area contributed by atoms with Crippen molar-refractivity contribution in [1.29, 1.82) is 5.26 Å². The molecule has 22 heavy (non-hydrogen) atoms. The lowest BCUT2D eigenvalue weighted by Gasteiger charge is -2.04. The van der Waals surface area contributed by atoms with Crippen molar-refractivity contribution in [2.75, 3.05) is 0 Å². The molecule has 0 aromatic heterocycles. The van der Waals surface area contributed by atoms with E-state index >= 15 is 0 Å². The van der Waals surface area contributed by atoms with Crippen molar-refractivity contribution >= 4 is 27.9 Å². The van der Waals surface area contributed by atoms with Crippen molar-refractivity contribution in [2.45, 2.75) is 6.54 Å². The molecule has 0 saturated heterocycles. The zero-order valence-corrected chi connectivity index (χ0v) is 13.1. The van der Waals surface area contributed by atoms with Crippen LogP contribution in [0.1, 0.15) is 11.1 Å². The van der Waals surface area contributed by atoms with Crippen molar-refractivity contribution in [1.82, 2.24) is 5.32 Å². The van der Waals surface area contributed by atoms with E-state index in [2.05, 4.69) is 21.2 Å². The molecule has 2 rings (SSSR count). The van der Waals surface area contributed by atoms with Crippen LogP contribution in [0.3, 0.4) is 0 Å². The first kappa shape index (κ1) is 15.9. The molecule has 110 valence electrons. The predicted octanol–water partition coefficient (Wildman–Crippen LogP) is 3.81. The summed E-state index contributed by atoms with van der Waals surface area (Å²) in [6, 6.07) is 15.5. The number of halogens is 2. The Balaban J connectivity index is 2.10. The van der Waals surface area contributed by atoms with Crippen LogP contribution in [-0.4, -0.2) is 5.91 Å². The molecule has 0 bridgehead atoms. The summed E-state index contributed by atoms with van der Waals surface area (Å²) in [5, 5.41) is 11.8. The Kier molecular flexibility index (Phi) is 5.45. The lowest BCUT2D eigenvalue weighted by Crippen LogP contribution is -2.23. The maximum atomic E-state index is 13.2. The van der Waals surface area contributed by atoms with Crippen molar-refractivity contribution in [2.24, 2.45) is 0 Å². The van der Waals surface area contributed by atoms with Crippen LogP contribution in [0.15, 0.2) is 58.6 Å². The highest BCUT2D eigenvalue weighted by atomic mass is 79.9. The molecule has 5 heteroatoms. The number of hydrogen-bond donors (Lipinski definition) is 1. The van der Waals surface area contributed by atoms with E-state index in [0.717, 1.165) is 5.56 Å². The van der Waals surface area contributed by atoms with Gasteiger partial charge in [0, 0.05) is 6.54 Å². The van der Waals surface area contributed by atoms with Crippen molar-refractivity contribution in [3.05, 3.63) is 75.5 Å². The summed E-state index contributed by atoms with van der Waals surface area (Å²) >= 11 is 3.07. The Bertz CT molecular complexity index is 751. The first-order valence-electron chi connectivity index (χ1n) is 6.49. The van der Waals surface area contributed by atoms with Crippen molar-refractivity contribution < 1.29 is 9.18 Å². The molecule has 0 saturated carbocycles. The summed E-state index contributed by atoms with van der Waals surface area (Å²) in [5.74, 6) is -0.865. The van der Waals surface area contributed by atoms with Gasteiger partial charge in [0.05, 0.1) is 4.47 Å². The number of benzene rings is 2. The fraction of sp³-hybridized carbons (Fsp3) is 0.0588. The summed E-state index contributed by atoms with van der Waals surface area (Å²) in [5.41, 5.74) is 1.48. The van der Waals surface area contributed by atoms with Crippen LogP contribution in [0.2, 0.25) is 0 Å². The minimum absolute atomic E-state index is 0.0329. The average molecular weight is 359 g/mol. The highest BCUT2D eigenvalue weighted by molar-refractivity contribution is 9.10. The quantitative estimate of drug-likeness (QED) is 0.667. The van der Waals surface area contributed by atoms with E-state index in [9.17, 15) is 9.18 Å². The molecular formula is C17H12BrFN2O. The van der Waals surface area contributed by atoms with Gasteiger partial charge in [-0.3, -0.25) is 4.79 Å². The van der Waals surface area contributed by atoms with E-state index in [4.69, 9.17) is 5.26 Å². The highest BCUT2D eigenvalue weighted by Gasteiger charge is 2.09. The molecule has 1 amide bonds. The molecule has 0 atom stereocenters. The molecule has 0 unspecified atom stereocenters. The first-order valence-corrected chi connectivity index (χ1v) is 7.28. The molecule has 2 aromatic rings. The average Bonchev–Trinajstić information content (AvgIpc) is 2.54. The highest BCUT2D eigenvalue weighted by Crippen LogP contribution is 2.18. The number of rotatable bonds is 4. The van der Waals surface area contributed by atoms with Gasteiger partial charge in [-0.1, -0.05) is 36.4 Å². The normalized spacial score (nSPS) is 10.9. The van der Waals surface area contributed by atoms with Gasteiger partial charge in [0.25, 0.3) is 5.91 Å². The van der Waals surface area contributed by atoms with E-state index in [-0.39, 0.29) is 10.0 Å². The number of amides is 1. The number of nitrogens with one attached hydrogen (secondary N) is 1. The molecule has 0 heterocycles. The minimum atomic E-state index is -0.466. The van der Waals surface area contributed by atoms with E-state index in [1.54, 1.807) is 0 Å². The molecule has 0 fully saturated rings. The second-order valence-electron chi connectivity index (χ2n) is 4.51. The third kappa shape index (κ3) is 4.27. The molecule has 0 aliphatic rings. The van der Waals surface area contributed by atoms with Crippen molar-refractivity contribution in [3.63, 3.8) is 0 Å². The second kappa shape index (κ2) is 7.53. The van der Waals surface area contributed by atoms with Gasteiger partial charge in [-0.15, -0.1) is 0 Å². The van der Waals surface area contributed by atoms with Gasteiger partial charge in [-0.25, -0.2) is 4.39 Å². The maximum Gasteiger partial charge on any atom is 0.262 e. The molecule has 0 aliphatic carbocycles. The number of carbonyl (C=O) groups is 1. The Morgan fingerprint density at radius 2 is 2.00 bits per heavy atom. The van der Waals surface area contributed by atoms with E-state index < -0.39 is 11.7 Å². The smallest absolute Gasteiger partial charge is 0.262 e. The van der Waals surface area contributed by atoms with Gasteiger partial charge in [0.1, 0.15) is 17.5 Å². The van der Waals surface area contributed by atoms with Crippen LogP contribution in [0.4, 0.5) is 4.39 Å². The summed E-state index contributed by atoms with van der Waals surface area (Å²) in [4.78, 5) is 12.0. The lowest BCUT2D eigenvalue weighted by atomic mass is 10.1. The molecule has 0 aliphatic heterocycles. The summed E-state index contributed by atoms with van der Waals surface area (Å²) < 4.78 is 13.5. The van der Waals surface area contributed by atoms with Gasteiger partial charge in [0.2, 0.25) is 0 Å². The lowest BCUT2D eigenvalue weighted by molar-refractivity contribution is -0.117. The van der Waals surface area contributed by atoms with Crippen LogP contribution in [0, 0.1) is 17.1 Å². The van der Waals surface area contributed by atoms with Crippen LogP contribution >= 0.6 is 15.9 Å². The van der Waals surface area contributed by atoms with Gasteiger partial charge in [0.15, 0.2) is 0 Å². The number of hydrogen-bond acceptors (Lipinski definition) is 2. The SMILES string of the molecule is N#C/C(=C\c1ccc(F)c(Br)c1)C(=O)NCc1ccccc1. The van der Waals surface area contributed by atoms with Gasteiger partial charge in [-0.05, 0) is 45.3 Å². The molecule has 0 radical (unpaired) electrons. The van der Waals surface area contributed by atoms with Gasteiger partial charge < -0.3 is 5.32 Å². The third-order valence-corrected chi connectivity index (χ3v) is 3.52. The molecule has 1 N–H and O–H groups in total. The topological polar surface area (TPSA) is 52.9 Å². The van der Waals surface area contributed by atoms with Gasteiger partial charge >= 0.3 is 0 Å². The Hall–Kier alpha value is -2.45. The van der Waals surface area contributed by atoms with E-state index in [1.807, 2.05) is 36.4 Å². The number of nitrogens with zero attached hydrogens (tertiary/aromatic N) is 1. The van der Waals surface area contributed by atoms with Crippen LogP contribution in [-0.2, 0) is 11.3 Å². The zero-order chi connectivity index (χ0) is 15.9. The zero-order valence-electron chi connectivity index (χ0n) is 11.5. The maximum absolute atomic E-state index is 13.2. The number of carbonyl (C=O) groups excluding carboxylic acids is 1. The molecule has 0 spiro atoms. The summed E-state index contributed by atoms with van der Waals surface area (Å²) in [6.45, 7) is 0.339. The molecule has 2 aromatic carbocycles. The largest absolute Gasteiger partial charge is 0.347 e. The minimum Gasteiger partial charge on any atom is -0.347 e. The molecular weight excluding hydrogens is 347 g/mol. The number of nitriles is 1. The standard InChI is InChI=1S/C17H12BrFN2O/c18-15-9-13(6-7-16(15)19)8-14(10-20)17(22)21-11-12-4-2-1-3-5-12/h1-9H,11H2,(H,21,22)/b14-8+. The van der Waals surface area contributed by atoms with Gasteiger partial charge in [-0.2, -0.15) is 5.26 Å². The van der Waals surface area contributed by atoms with Crippen molar-refractivity contribution in [3.8, 4) is 6.07 Å². The van der Waals surface area contributed by atoms with E-state index in [0.29, 0.717) is 12.1 Å². The second-order valence-corrected chi connectivity index (χ2v) is 5.37. The fourth-order valence-electron chi connectivity index (χ4n) is 1.79. The van der Waals surface area contributed by atoms with Crippen LogP contribution in [0.25, 0.3) is 6.08 Å². The monoisotopic (exact) mass is 358 g/mol. The Morgan fingerprint density at radius 3 is 2.64 bits per heavy atom. The van der Waals surface area contributed by atoms with Crippen LogP contribution < -0.4 is 5.32 Å². The summed E-state index contributed by atoms with van der Waals surface area (Å²) in [6.07, 6.45) is 1.42.